The molecule has 0 fully saturated rings. The van der Waals surface area contributed by atoms with Crippen LogP contribution >= 0.6 is 11.8 Å². The molecule has 1 aliphatic heterocycles. The van der Waals surface area contributed by atoms with Gasteiger partial charge in [0.1, 0.15) is 6.04 Å². The van der Waals surface area contributed by atoms with E-state index in [0.717, 1.165) is 61.0 Å². The molecule has 0 bridgehead atoms. The van der Waals surface area contributed by atoms with E-state index in [1.165, 1.54) is 19.3 Å². The first kappa shape index (κ1) is 33.2. The SMILES string of the molecule is CSCC[C@@H]1NC(=O)/C(c2ccccc2)=C\C=C(\c2ccccc2)CNC(=O)CCCCCCCCCCCNC1=O. The molecule has 3 amide bonds. The molecule has 0 aliphatic carbocycles. The molecule has 3 N–H and O–H groups in total. The number of benzene rings is 2. The van der Waals surface area contributed by atoms with Crippen molar-refractivity contribution in [2.75, 3.05) is 25.1 Å². The van der Waals surface area contributed by atoms with Crippen molar-refractivity contribution < 1.29 is 14.4 Å². The fourth-order valence-corrected chi connectivity index (χ4v) is 5.49. The lowest BCUT2D eigenvalue weighted by atomic mass is 10.0. The first-order chi connectivity index (χ1) is 20.6. The fourth-order valence-electron chi connectivity index (χ4n) is 5.02. The van der Waals surface area contributed by atoms with E-state index in [-0.39, 0.29) is 17.7 Å². The molecule has 0 saturated carbocycles. The highest BCUT2D eigenvalue weighted by molar-refractivity contribution is 7.98. The summed E-state index contributed by atoms with van der Waals surface area (Å²) in [7, 11) is 0. The van der Waals surface area contributed by atoms with E-state index in [0.29, 0.717) is 31.5 Å². The molecule has 226 valence electrons. The predicted molar refractivity (Wildman–Crippen MR) is 176 cm³/mol. The third-order valence-corrected chi connectivity index (χ3v) is 8.16. The zero-order valence-corrected chi connectivity index (χ0v) is 25.9. The minimum atomic E-state index is -0.615. The van der Waals surface area contributed by atoms with Crippen LogP contribution < -0.4 is 16.0 Å². The number of hydrogen-bond donors (Lipinski definition) is 3. The van der Waals surface area contributed by atoms with Crippen LogP contribution in [0.1, 0.15) is 81.8 Å². The van der Waals surface area contributed by atoms with Gasteiger partial charge in [0.05, 0.1) is 0 Å². The summed E-state index contributed by atoms with van der Waals surface area (Å²) < 4.78 is 0. The molecule has 7 heteroatoms. The summed E-state index contributed by atoms with van der Waals surface area (Å²) in [4.78, 5) is 39.6. The van der Waals surface area contributed by atoms with E-state index in [4.69, 9.17) is 0 Å². The van der Waals surface area contributed by atoms with Gasteiger partial charge in [-0.2, -0.15) is 11.8 Å². The lowest BCUT2D eigenvalue weighted by Crippen LogP contribution is -2.47. The molecule has 42 heavy (non-hydrogen) atoms. The van der Waals surface area contributed by atoms with Crippen molar-refractivity contribution in [2.45, 2.75) is 76.7 Å². The number of allylic oxidation sites excluding steroid dienone is 2. The van der Waals surface area contributed by atoms with E-state index in [1.807, 2.05) is 73.0 Å². The quantitative estimate of drug-likeness (QED) is 0.370. The normalized spacial score (nSPS) is 21.9. The molecule has 0 unspecified atom stereocenters. The smallest absolute Gasteiger partial charge is 0.252 e. The molecule has 6 nitrogen and oxygen atoms in total. The Balaban J connectivity index is 1.90. The van der Waals surface area contributed by atoms with Crippen LogP contribution in [0.15, 0.2) is 72.8 Å². The molecule has 2 aromatic carbocycles. The zero-order valence-electron chi connectivity index (χ0n) is 25.0. The van der Waals surface area contributed by atoms with Gasteiger partial charge in [-0.3, -0.25) is 14.4 Å². The van der Waals surface area contributed by atoms with Crippen LogP contribution in [0.25, 0.3) is 11.1 Å². The third kappa shape index (κ3) is 12.3. The molecular weight excluding hydrogens is 542 g/mol. The van der Waals surface area contributed by atoms with Gasteiger partial charge in [-0.15, -0.1) is 0 Å². The summed E-state index contributed by atoms with van der Waals surface area (Å²) in [6.07, 6.45) is 16.7. The minimum Gasteiger partial charge on any atom is -0.354 e. The molecule has 3 rings (SSSR count). The molecule has 0 spiro atoms. The Hall–Kier alpha value is -3.32. The first-order valence-electron chi connectivity index (χ1n) is 15.4. The van der Waals surface area contributed by atoms with E-state index < -0.39 is 6.04 Å². The maximum atomic E-state index is 13.7. The van der Waals surface area contributed by atoms with Crippen molar-refractivity contribution >= 4 is 40.6 Å². The van der Waals surface area contributed by atoms with Gasteiger partial charge in [0, 0.05) is 25.1 Å². The summed E-state index contributed by atoms with van der Waals surface area (Å²) in [5.74, 6) is 0.378. The number of carbonyl (C=O) groups excluding carboxylic acids is 3. The van der Waals surface area contributed by atoms with Gasteiger partial charge in [-0.1, -0.05) is 112 Å². The van der Waals surface area contributed by atoms with Crippen LogP contribution in [-0.2, 0) is 14.4 Å². The predicted octanol–water partition coefficient (Wildman–Crippen LogP) is 6.54. The summed E-state index contributed by atoms with van der Waals surface area (Å²) in [6.45, 7) is 0.984. The minimum absolute atomic E-state index is 0.0443. The molecule has 0 aromatic heterocycles. The Kier molecular flexibility index (Phi) is 15.6. The largest absolute Gasteiger partial charge is 0.354 e. The molecule has 2 aromatic rings. The molecular formula is C35H47N3O3S. The fraction of sp³-hybridized carbons (Fsp3) is 0.457. The number of hydrogen-bond acceptors (Lipinski definition) is 4. The van der Waals surface area contributed by atoms with Gasteiger partial charge in [0.2, 0.25) is 11.8 Å². The average molecular weight is 590 g/mol. The molecule has 0 saturated heterocycles. The first-order valence-corrected chi connectivity index (χ1v) is 16.8. The number of amides is 3. The van der Waals surface area contributed by atoms with Crippen LogP contribution in [-0.4, -0.2) is 48.9 Å². The monoisotopic (exact) mass is 589 g/mol. The van der Waals surface area contributed by atoms with Crippen LogP contribution in [0.3, 0.4) is 0 Å². The standard InChI is InChI=1S/C35H47N3O3S/c1-42-26-24-32-35(41)36-25-16-8-6-4-2-3-5-7-15-21-33(39)37-27-30(28-17-11-9-12-18-28)22-23-31(34(40)38-32)29-19-13-10-14-20-29/h9-14,17-20,22-23,32H,2-8,15-16,21,24-27H2,1H3,(H,36,41)(H,37,39)(H,38,40)/b30-22+,31-23-/t32-/m0/s1. The van der Waals surface area contributed by atoms with Gasteiger partial charge >= 0.3 is 0 Å². The lowest BCUT2D eigenvalue weighted by Gasteiger charge is -2.19. The highest BCUT2D eigenvalue weighted by Crippen LogP contribution is 2.19. The van der Waals surface area contributed by atoms with Gasteiger partial charge < -0.3 is 16.0 Å². The molecule has 1 atom stereocenters. The number of thioether (sulfide) groups is 1. The van der Waals surface area contributed by atoms with Crippen molar-refractivity contribution in [3.8, 4) is 0 Å². The average Bonchev–Trinajstić information content (AvgIpc) is 3.01. The molecule has 1 heterocycles. The van der Waals surface area contributed by atoms with E-state index in [2.05, 4.69) is 16.0 Å². The van der Waals surface area contributed by atoms with Crippen LogP contribution in [0.2, 0.25) is 0 Å². The number of carbonyl (C=O) groups is 3. The van der Waals surface area contributed by atoms with Crippen molar-refractivity contribution in [1.82, 2.24) is 16.0 Å². The Morgan fingerprint density at radius 1 is 0.714 bits per heavy atom. The number of rotatable bonds is 5. The Labute approximate surface area is 256 Å². The van der Waals surface area contributed by atoms with Gasteiger partial charge in [0.15, 0.2) is 0 Å². The van der Waals surface area contributed by atoms with Crippen molar-refractivity contribution in [2.24, 2.45) is 0 Å². The summed E-state index contributed by atoms with van der Waals surface area (Å²) >= 11 is 1.66. The Morgan fingerprint density at radius 3 is 1.95 bits per heavy atom. The summed E-state index contributed by atoms with van der Waals surface area (Å²) in [6, 6.07) is 18.8. The van der Waals surface area contributed by atoms with Crippen molar-refractivity contribution in [3.05, 3.63) is 83.9 Å². The van der Waals surface area contributed by atoms with E-state index >= 15 is 0 Å². The van der Waals surface area contributed by atoms with Crippen LogP contribution in [0.5, 0.6) is 0 Å². The van der Waals surface area contributed by atoms with E-state index in [9.17, 15) is 14.4 Å². The lowest BCUT2D eigenvalue weighted by molar-refractivity contribution is -0.126. The second-order valence-electron chi connectivity index (χ2n) is 10.8. The van der Waals surface area contributed by atoms with Gasteiger partial charge in [0.25, 0.3) is 5.91 Å². The van der Waals surface area contributed by atoms with Gasteiger partial charge in [-0.25, -0.2) is 0 Å². The summed E-state index contributed by atoms with van der Waals surface area (Å²) in [5, 5.41) is 9.17. The molecule has 0 radical (unpaired) electrons. The van der Waals surface area contributed by atoms with Crippen LogP contribution in [0.4, 0.5) is 0 Å². The van der Waals surface area contributed by atoms with Gasteiger partial charge in [-0.05, 0) is 54.0 Å². The highest BCUT2D eigenvalue weighted by atomic mass is 32.2. The summed E-state index contributed by atoms with van der Waals surface area (Å²) in [5.41, 5.74) is 3.11. The zero-order chi connectivity index (χ0) is 29.8. The molecule has 1 aliphatic rings. The Bertz CT molecular complexity index is 1160. The highest BCUT2D eigenvalue weighted by Gasteiger charge is 2.22. The van der Waals surface area contributed by atoms with Crippen LogP contribution in [0, 0.1) is 0 Å². The van der Waals surface area contributed by atoms with Crippen molar-refractivity contribution in [3.63, 3.8) is 0 Å². The third-order valence-electron chi connectivity index (χ3n) is 7.51. The number of nitrogens with one attached hydrogen (secondary N) is 3. The maximum Gasteiger partial charge on any atom is 0.252 e. The Morgan fingerprint density at radius 2 is 1.31 bits per heavy atom. The second-order valence-corrected chi connectivity index (χ2v) is 11.8. The maximum absolute atomic E-state index is 13.7. The van der Waals surface area contributed by atoms with Crippen molar-refractivity contribution in [1.29, 1.82) is 0 Å². The topological polar surface area (TPSA) is 87.3 Å². The second kappa shape index (κ2) is 19.7. The van der Waals surface area contributed by atoms with E-state index in [1.54, 1.807) is 17.8 Å².